The van der Waals surface area contributed by atoms with Crippen molar-refractivity contribution in [2.45, 2.75) is 24.3 Å². The van der Waals surface area contributed by atoms with Crippen molar-refractivity contribution in [1.29, 1.82) is 0 Å². The number of aliphatic hydroxyl groups is 1. The normalized spacial score (nSPS) is 19.5. The number of aliphatic hydroxyl groups excluding tert-OH is 1. The van der Waals surface area contributed by atoms with Gasteiger partial charge in [-0.25, -0.2) is 16.8 Å². The molecule has 1 amide bonds. The largest absolute Gasteiger partial charge is 0.495 e. The molecule has 9 nitrogen and oxygen atoms in total. The molecule has 11 heteroatoms. The lowest BCUT2D eigenvalue weighted by Gasteiger charge is -2.27. The zero-order chi connectivity index (χ0) is 19.5. The second-order valence-corrected chi connectivity index (χ2v) is 10.1. The Morgan fingerprint density at radius 1 is 1.42 bits per heavy atom. The molecule has 0 saturated carbocycles. The van der Waals surface area contributed by atoms with Crippen molar-refractivity contribution in [1.82, 2.24) is 4.31 Å². The average Bonchev–Trinajstić information content (AvgIpc) is 2.91. The van der Waals surface area contributed by atoms with Crippen molar-refractivity contribution in [3.8, 4) is 5.75 Å². The Labute approximate surface area is 152 Å². The molecule has 2 N–H and O–H groups in total. The summed E-state index contributed by atoms with van der Waals surface area (Å²) in [7, 11) is -5.99. The van der Waals surface area contributed by atoms with Crippen molar-refractivity contribution in [2.24, 2.45) is 0 Å². The minimum atomic E-state index is -4.08. The summed E-state index contributed by atoms with van der Waals surface area (Å²) in [5.74, 6) is -0.473. The van der Waals surface area contributed by atoms with Gasteiger partial charge < -0.3 is 15.2 Å². The van der Waals surface area contributed by atoms with Crippen LogP contribution in [0.25, 0.3) is 0 Å². The molecule has 0 unspecified atom stereocenters. The van der Waals surface area contributed by atoms with Crippen molar-refractivity contribution in [2.75, 3.05) is 37.1 Å². The predicted molar refractivity (Wildman–Crippen MR) is 95.3 cm³/mol. The van der Waals surface area contributed by atoms with Gasteiger partial charge in [0.15, 0.2) is 9.84 Å². The van der Waals surface area contributed by atoms with Gasteiger partial charge in [-0.1, -0.05) is 0 Å². The van der Waals surface area contributed by atoms with Gasteiger partial charge in [0.25, 0.3) is 0 Å². The van der Waals surface area contributed by atoms with Gasteiger partial charge in [-0.2, -0.15) is 4.31 Å². The van der Waals surface area contributed by atoms with Crippen LogP contribution in [-0.2, 0) is 24.7 Å². The highest BCUT2D eigenvalue weighted by atomic mass is 32.2. The van der Waals surface area contributed by atoms with Gasteiger partial charge in [0.2, 0.25) is 15.9 Å². The van der Waals surface area contributed by atoms with Gasteiger partial charge in [0.1, 0.15) is 5.75 Å². The lowest BCUT2D eigenvalue weighted by molar-refractivity contribution is -0.114. The van der Waals surface area contributed by atoms with Crippen LogP contribution in [0.4, 0.5) is 5.69 Å². The molecular formula is C15H22N2O7S2. The van der Waals surface area contributed by atoms with Crippen molar-refractivity contribution in [3.05, 3.63) is 18.2 Å². The molecule has 26 heavy (non-hydrogen) atoms. The number of nitrogens with one attached hydrogen (secondary N) is 1. The number of carbonyl (C=O) groups excluding carboxylic acids is 1. The fourth-order valence-corrected chi connectivity index (χ4v) is 6.37. The van der Waals surface area contributed by atoms with Crippen LogP contribution in [0, 0.1) is 0 Å². The quantitative estimate of drug-likeness (QED) is 0.642. The maximum Gasteiger partial charge on any atom is 0.243 e. The number of benzene rings is 1. The number of sulfonamides is 1. The predicted octanol–water partition coefficient (Wildman–Crippen LogP) is -0.176. The minimum Gasteiger partial charge on any atom is -0.495 e. The SMILES string of the molecule is COc1ccc(S(=O)(=O)N(CCO)[C@@H]2CCS(=O)(=O)C2)cc1NC(C)=O. The molecule has 0 aromatic heterocycles. The van der Waals surface area contributed by atoms with E-state index in [1.807, 2.05) is 0 Å². The fourth-order valence-electron chi connectivity index (χ4n) is 2.87. The third-order valence-electron chi connectivity index (χ3n) is 4.02. The Hall–Kier alpha value is -1.69. The number of hydrogen-bond acceptors (Lipinski definition) is 7. The zero-order valence-electron chi connectivity index (χ0n) is 14.5. The summed E-state index contributed by atoms with van der Waals surface area (Å²) in [6, 6.07) is 3.24. The molecule has 1 aliphatic rings. The van der Waals surface area contributed by atoms with E-state index in [0.29, 0.717) is 0 Å². The maximum absolute atomic E-state index is 13.0. The van der Waals surface area contributed by atoms with E-state index in [1.165, 1.54) is 32.2 Å². The Morgan fingerprint density at radius 3 is 2.62 bits per heavy atom. The molecule has 0 bridgehead atoms. The smallest absolute Gasteiger partial charge is 0.243 e. The first kappa shape index (κ1) is 20.6. The van der Waals surface area contributed by atoms with Crippen molar-refractivity contribution < 1.29 is 31.5 Å². The summed E-state index contributed by atoms with van der Waals surface area (Å²) in [4.78, 5) is 11.2. The lowest BCUT2D eigenvalue weighted by atomic mass is 10.3. The molecule has 1 aromatic carbocycles. The summed E-state index contributed by atoms with van der Waals surface area (Å²) < 4.78 is 55.6. The summed E-state index contributed by atoms with van der Waals surface area (Å²) in [6.07, 6.45) is 0.177. The van der Waals surface area contributed by atoms with E-state index in [4.69, 9.17) is 4.74 Å². The second kappa shape index (κ2) is 7.91. The van der Waals surface area contributed by atoms with E-state index in [-0.39, 0.29) is 40.8 Å². The van der Waals surface area contributed by atoms with Gasteiger partial charge in [0, 0.05) is 19.5 Å². The van der Waals surface area contributed by atoms with Gasteiger partial charge in [-0.15, -0.1) is 0 Å². The van der Waals surface area contributed by atoms with Crippen LogP contribution in [0.2, 0.25) is 0 Å². The highest BCUT2D eigenvalue weighted by Gasteiger charge is 2.38. The average molecular weight is 406 g/mol. The molecule has 2 rings (SSSR count). The Bertz CT molecular complexity index is 881. The van der Waals surface area contributed by atoms with E-state index in [2.05, 4.69) is 5.32 Å². The van der Waals surface area contributed by atoms with Gasteiger partial charge in [0.05, 0.1) is 35.8 Å². The molecule has 1 heterocycles. The first-order valence-corrected chi connectivity index (χ1v) is 11.2. The summed E-state index contributed by atoms with van der Waals surface area (Å²) >= 11 is 0. The number of methoxy groups -OCH3 is 1. The van der Waals surface area contributed by atoms with E-state index < -0.39 is 38.4 Å². The Morgan fingerprint density at radius 2 is 2.12 bits per heavy atom. The third-order valence-corrected chi connectivity index (χ3v) is 7.72. The molecule has 1 aromatic rings. The van der Waals surface area contributed by atoms with E-state index in [1.54, 1.807) is 0 Å². The fraction of sp³-hybridized carbons (Fsp3) is 0.533. The Kier molecular flexibility index (Phi) is 6.27. The Balaban J connectivity index is 2.44. The number of carbonyl (C=O) groups is 1. The van der Waals surface area contributed by atoms with Crippen molar-refractivity contribution >= 4 is 31.5 Å². The van der Waals surface area contributed by atoms with Crippen LogP contribution in [0.5, 0.6) is 5.75 Å². The van der Waals surface area contributed by atoms with E-state index in [0.717, 1.165) is 4.31 Å². The highest BCUT2D eigenvalue weighted by molar-refractivity contribution is 7.92. The summed E-state index contributed by atoms with van der Waals surface area (Å²) in [5, 5.41) is 11.8. The molecular weight excluding hydrogens is 384 g/mol. The molecule has 0 radical (unpaired) electrons. The van der Waals surface area contributed by atoms with Gasteiger partial charge in [-0.05, 0) is 24.6 Å². The molecule has 0 aliphatic carbocycles. The molecule has 0 spiro atoms. The number of anilines is 1. The van der Waals surface area contributed by atoms with Crippen LogP contribution < -0.4 is 10.1 Å². The number of amides is 1. The first-order valence-electron chi connectivity index (χ1n) is 7.89. The number of hydrogen-bond donors (Lipinski definition) is 2. The molecule has 1 aliphatic heterocycles. The monoisotopic (exact) mass is 406 g/mol. The van der Waals surface area contributed by atoms with Gasteiger partial charge in [-0.3, -0.25) is 4.79 Å². The second-order valence-electron chi connectivity index (χ2n) is 5.94. The van der Waals surface area contributed by atoms with E-state index >= 15 is 0 Å². The number of ether oxygens (including phenoxy) is 1. The third kappa shape index (κ3) is 4.53. The van der Waals surface area contributed by atoms with Crippen molar-refractivity contribution in [3.63, 3.8) is 0 Å². The van der Waals surface area contributed by atoms with Crippen LogP contribution in [0.1, 0.15) is 13.3 Å². The first-order chi connectivity index (χ1) is 12.1. The topological polar surface area (TPSA) is 130 Å². The standard InChI is InChI=1S/C15H22N2O7S2/c1-11(19)16-14-9-13(3-4-15(14)24-2)26(22,23)17(6-7-18)12-5-8-25(20,21)10-12/h3-4,9,12,18H,5-8,10H2,1-2H3,(H,16,19)/t12-/m1/s1. The number of nitrogens with zero attached hydrogens (tertiary/aromatic N) is 1. The minimum absolute atomic E-state index is 0.0884. The lowest BCUT2D eigenvalue weighted by Crippen LogP contribution is -2.42. The van der Waals surface area contributed by atoms with Crippen LogP contribution in [0.3, 0.4) is 0 Å². The summed E-state index contributed by atoms with van der Waals surface area (Å²) in [6.45, 7) is 0.622. The zero-order valence-corrected chi connectivity index (χ0v) is 16.1. The van der Waals surface area contributed by atoms with Gasteiger partial charge >= 0.3 is 0 Å². The number of sulfone groups is 1. The molecule has 1 atom stereocenters. The molecule has 1 saturated heterocycles. The highest BCUT2D eigenvalue weighted by Crippen LogP contribution is 2.31. The number of rotatable bonds is 7. The maximum atomic E-state index is 13.0. The van der Waals surface area contributed by atoms with Crippen LogP contribution in [-0.4, -0.2) is 70.0 Å². The molecule has 1 fully saturated rings. The van der Waals surface area contributed by atoms with Crippen LogP contribution in [0.15, 0.2) is 23.1 Å². The summed E-state index contributed by atoms with van der Waals surface area (Å²) in [5.41, 5.74) is 0.184. The van der Waals surface area contributed by atoms with Crippen LogP contribution >= 0.6 is 0 Å². The molecule has 146 valence electrons. The van der Waals surface area contributed by atoms with E-state index in [9.17, 15) is 26.7 Å².